The number of methoxy groups -OCH3 is 1. The summed E-state index contributed by atoms with van der Waals surface area (Å²) < 4.78 is 5.15. The maximum Gasteiger partial charge on any atom is 0.128 e. The summed E-state index contributed by atoms with van der Waals surface area (Å²) in [7, 11) is 1.72. The van der Waals surface area contributed by atoms with Crippen LogP contribution >= 0.6 is 23.1 Å². The van der Waals surface area contributed by atoms with Crippen molar-refractivity contribution in [3.05, 3.63) is 41.0 Å². The zero-order chi connectivity index (χ0) is 15.5. The molecule has 0 aliphatic carbocycles. The van der Waals surface area contributed by atoms with Crippen molar-refractivity contribution >= 4 is 33.3 Å². The molecule has 114 valence electrons. The van der Waals surface area contributed by atoms with Gasteiger partial charge in [0.1, 0.15) is 16.2 Å². The second-order valence-corrected chi connectivity index (χ2v) is 7.39. The van der Waals surface area contributed by atoms with Crippen LogP contribution in [0.3, 0.4) is 0 Å². The maximum absolute atomic E-state index is 5.15. The second kappa shape index (κ2) is 6.77. The standard InChI is InChI=1S/C17H18N2OS2/c1-11-4-6-13(7-5-11)14-12(2)22-17-15(14)16(18-10-19-17)21-9-8-20-3/h4-7,10H,8-9H2,1-3H3. The SMILES string of the molecule is COCCSc1ncnc2sc(C)c(-c3ccc(C)cc3)c12. The molecule has 3 nitrogen and oxygen atoms in total. The Morgan fingerprint density at radius 1 is 1.14 bits per heavy atom. The highest BCUT2D eigenvalue weighted by molar-refractivity contribution is 7.99. The molecule has 5 heteroatoms. The number of ether oxygens (including phenoxy) is 1. The lowest BCUT2D eigenvalue weighted by Crippen LogP contribution is -1.93. The molecule has 0 fully saturated rings. The van der Waals surface area contributed by atoms with Crippen molar-refractivity contribution < 1.29 is 4.74 Å². The molecule has 0 bridgehead atoms. The summed E-state index contributed by atoms with van der Waals surface area (Å²) in [6.45, 7) is 4.99. The summed E-state index contributed by atoms with van der Waals surface area (Å²) >= 11 is 3.47. The summed E-state index contributed by atoms with van der Waals surface area (Å²) in [5.74, 6) is 0.894. The highest BCUT2D eigenvalue weighted by Crippen LogP contribution is 2.41. The molecule has 0 spiro atoms. The normalized spacial score (nSPS) is 11.2. The fourth-order valence-electron chi connectivity index (χ4n) is 2.42. The summed E-state index contributed by atoms with van der Waals surface area (Å²) in [5, 5.41) is 2.22. The van der Waals surface area contributed by atoms with E-state index in [1.54, 1.807) is 36.5 Å². The van der Waals surface area contributed by atoms with Gasteiger partial charge in [0.25, 0.3) is 0 Å². The Morgan fingerprint density at radius 3 is 2.64 bits per heavy atom. The van der Waals surface area contributed by atoms with Crippen molar-refractivity contribution in [2.24, 2.45) is 0 Å². The van der Waals surface area contributed by atoms with Crippen LogP contribution in [0.25, 0.3) is 21.3 Å². The number of rotatable bonds is 5. The van der Waals surface area contributed by atoms with E-state index in [-0.39, 0.29) is 0 Å². The molecule has 2 aromatic heterocycles. The smallest absolute Gasteiger partial charge is 0.128 e. The summed E-state index contributed by atoms with van der Waals surface area (Å²) in [6.07, 6.45) is 1.66. The minimum atomic E-state index is 0.721. The molecule has 2 heterocycles. The number of hydrogen-bond donors (Lipinski definition) is 0. The van der Waals surface area contributed by atoms with E-state index in [1.165, 1.54) is 27.0 Å². The van der Waals surface area contributed by atoms with Crippen LogP contribution in [0.4, 0.5) is 0 Å². The Bertz CT molecular complexity index is 781. The Morgan fingerprint density at radius 2 is 1.91 bits per heavy atom. The lowest BCUT2D eigenvalue weighted by molar-refractivity contribution is 0.218. The lowest BCUT2D eigenvalue weighted by atomic mass is 10.0. The van der Waals surface area contributed by atoms with Crippen molar-refractivity contribution in [1.29, 1.82) is 0 Å². The van der Waals surface area contributed by atoms with Crippen LogP contribution in [-0.2, 0) is 4.74 Å². The third-order valence-electron chi connectivity index (χ3n) is 3.50. The van der Waals surface area contributed by atoms with Crippen LogP contribution in [-0.4, -0.2) is 29.4 Å². The minimum Gasteiger partial charge on any atom is -0.384 e. The number of benzene rings is 1. The molecular formula is C17H18N2OS2. The molecule has 0 atom stereocenters. The summed E-state index contributed by atoms with van der Waals surface area (Å²) in [5.41, 5.74) is 3.77. The average Bonchev–Trinajstić information content (AvgIpc) is 2.85. The van der Waals surface area contributed by atoms with Crippen LogP contribution < -0.4 is 0 Å². The molecule has 0 aliphatic heterocycles. The van der Waals surface area contributed by atoms with Gasteiger partial charge < -0.3 is 4.74 Å². The van der Waals surface area contributed by atoms with Gasteiger partial charge in [-0.05, 0) is 19.4 Å². The van der Waals surface area contributed by atoms with E-state index in [0.717, 1.165) is 22.2 Å². The fourth-order valence-corrected chi connectivity index (χ4v) is 4.40. The van der Waals surface area contributed by atoms with Crippen molar-refractivity contribution in [2.75, 3.05) is 19.5 Å². The summed E-state index contributed by atoms with van der Waals surface area (Å²) in [6, 6.07) is 8.67. The number of aryl methyl sites for hydroxylation is 2. The zero-order valence-electron chi connectivity index (χ0n) is 12.9. The van der Waals surface area contributed by atoms with E-state index < -0.39 is 0 Å². The van der Waals surface area contributed by atoms with E-state index in [4.69, 9.17) is 4.74 Å². The van der Waals surface area contributed by atoms with Gasteiger partial charge in [-0.2, -0.15) is 0 Å². The van der Waals surface area contributed by atoms with Gasteiger partial charge in [-0.3, -0.25) is 0 Å². The third kappa shape index (κ3) is 3.02. The molecule has 0 saturated carbocycles. The van der Waals surface area contributed by atoms with Gasteiger partial charge in [-0.1, -0.05) is 29.8 Å². The molecule has 0 aliphatic rings. The van der Waals surface area contributed by atoms with Crippen molar-refractivity contribution in [3.63, 3.8) is 0 Å². The Balaban J connectivity index is 2.12. The number of aromatic nitrogens is 2. The molecule has 3 aromatic rings. The fraction of sp³-hybridized carbons (Fsp3) is 0.294. The first-order valence-electron chi connectivity index (χ1n) is 7.13. The number of thiophene rings is 1. The van der Waals surface area contributed by atoms with Gasteiger partial charge in [0.05, 0.1) is 12.0 Å². The maximum atomic E-state index is 5.15. The Hall–Kier alpha value is -1.43. The largest absolute Gasteiger partial charge is 0.384 e. The highest BCUT2D eigenvalue weighted by Gasteiger charge is 2.16. The molecular weight excluding hydrogens is 312 g/mol. The van der Waals surface area contributed by atoms with Gasteiger partial charge >= 0.3 is 0 Å². The molecule has 3 rings (SSSR count). The van der Waals surface area contributed by atoms with E-state index in [9.17, 15) is 0 Å². The molecule has 0 amide bonds. The van der Waals surface area contributed by atoms with Gasteiger partial charge in [-0.25, -0.2) is 9.97 Å². The third-order valence-corrected chi connectivity index (χ3v) is 5.46. The van der Waals surface area contributed by atoms with E-state index >= 15 is 0 Å². The first-order valence-corrected chi connectivity index (χ1v) is 8.94. The van der Waals surface area contributed by atoms with Gasteiger partial charge in [-0.15, -0.1) is 23.1 Å². The number of fused-ring (bicyclic) bond motifs is 1. The zero-order valence-corrected chi connectivity index (χ0v) is 14.6. The minimum absolute atomic E-state index is 0.721. The predicted molar refractivity (Wildman–Crippen MR) is 94.9 cm³/mol. The van der Waals surface area contributed by atoms with Crippen LogP contribution in [0.15, 0.2) is 35.6 Å². The molecule has 0 unspecified atom stereocenters. The van der Waals surface area contributed by atoms with Crippen LogP contribution in [0, 0.1) is 13.8 Å². The first kappa shape index (κ1) is 15.5. The lowest BCUT2D eigenvalue weighted by Gasteiger charge is -2.06. The Labute approximate surface area is 138 Å². The second-order valence-electron chi connectivity index (χ2n) is 5.10. The molecule has 0 N–H and O–H groups in total. The van der Waals surface area contributed by atoms with E-state index in [0.29, 0.717) is 0 Å². The van der Waals surface area contributed by atoms with Crippen molar-refractivity contribution in [3.8, 4) is 11.1 Å². The molecule has 0 radical (unpaired) electrons. The average molecular weight is 330 g/mol. The number of thioether (sulfide) groups is 1. The molecule has 0 saturated heterocycles. The summed E-state index contributed by atoms with van der Waals surface area (Å²) in [4.78, 5) is 11.3. The monoisotopic (exact) mass is 330 g/mol. The molecule has 1 aromatic carbocycles. The number of nitrogens with zero attached hydrogens (tertiary/aromatic N) is 2. The Kier molecular flexibility index (Phi) is 4.76. The van der Waals surface area contributed by atoms with Crippen molar-refractivity contribution in [1.82, 2.24) is 9.97 Å². The quantitative estimate of drug-likeness (QED) is 0.385. The van der Waals surface area contributed by atoms with Crippen molar-refractivity contribution in [2.45, 2.75) is 18.9 Å². The number of hydrogen-bond acceptors (Lipinski definition) is 5. The van der Waals surface area contributed by atoms with E-state index in [2.05, 4.69) is 48.1 Å². The van der Waals surface area contributed by atoms with E-state index in [1.807, 2.05) is 0 Å². The van der Waals surface area contributed by atoms with Crippen LogP contribution in [0.1, 0.15) is 10.4 Å². The van der Waals surface area contributed by atoms with Gasteiger partial charge in [0, 0.05) is 23.3 Å². The van der Waals surface area contributed by atoms with Gasteiger partial charge in [0.2, 0.25) is 0 Å². The topological polar surface area (TPSA) is 35.0 Å². The van der Waals surface area contributed by atoms with Crippen LogP contribution in [0.5, 0.6) is 0 Å². The predicted octanol–water partition coefficient (Wildman–Crippen LogP) is 4.71. The first-order chi connectivity index (χ1) is 10.7. The van der Waals surface area contributed by atoms with Crippen LogP contribution in [0.2, 0.25) is 0 Å². The molecule has 22 heavy (non-hydrogen) atoms. The van der Waals surface area contributed by atoms with Gasteiger partial charge in [0.15, 0.2) is 0 Å². The highest BCUT2D eigenvalue weighted by atomic mass is 32.2.